The minimum atomic E-state index is 0.508. The van der Waals surface area contributed by atoms with Crippen molar-refractivity contribution in [3.63, 3.8) is 0 Å². The van der Waals surface area contributed by atoms with Crippen LogP contribution in [-0.4, -0.2) is 16.5 Å². The number of hydrogen-bond acceptors (Lipinski definition) is 3. The molecule has 0 unspecified atom stereocenters. The quantitative estimate of drug-likeness (QED) is 0.650. The second-order valence-corrected chi connectivity index (χ2v) is 2.99. The fourth-order valence-corrected chi connectivity index (χ4v) is 1.31. The number of halogens is 1. The second kappa shape index (κ2) is 3.11. The highest BCUT2D eigenvalue weighted by molar-refractivity contribution is 6.35. The van der Waals surface area contributed by atoms with Crippen molar-refractivity contribution in [2.75, 3.05) is 0 Å². The fraction of sp³-hybridized carbons (Fsp3) is 0. The first-order valence-corrected chi connectivity index (χ1v) is 4.05. The third-order valence-electron chi connectivity index (χ3n) is 1.75. The molecule has 0 saturated carbocycles. The lowest BCUT2D eigenvalue weighted by Gasteiger charge is -1.97. The van der Waals surface area contributed by atoms with Gasteiger partial charge in [0.1, 0.15) is 6.29 Å². The molecule has 0 bridgehead atoms. The van der Waals surface area contributed by atoms with Gasteiger partial charge in [0, 0.05) is 10.9 Å². The number of carbonyl (C=O) groups is 1. The average Bonchev–Trinajstić information content (AvgIpc) is 2.18. The molecule has 0 N–H and O–H groups in total. The van der Waals surface area contributed by atoms with Crippen LogP contribution in [0.4, 0.5) is 0 Å². The molecule has 13 heavy (non-hydrogen) atoms. The molecule has 1 aromatic carbocycles. The molecule has 4 heteroatoms. The van der Waals surface area contributed by atoms with E-state index in [-0.39, 0.29) is 0 Å². The third-order valence-corrected chi connectivity index (χ3v) is 2.05. The first-order valence-electron chi connectivity index (χ1n) is 3.67. The zero-order valence-electron chi connectivity index (χ0n) is 6.57. The summed E-state index contributed by atoms with van der Waals surface area (Å²) in [4.78, 5) is 10.5. The molecule has 64 valence electrons. The monoisotopic (exact) mass is 192 g/mol. The lowest BCUT2D eigenvalue weighted by Crippen LogP contribution is -1.86. The third kappa shape index (κ3) is 1.38. The molecule has 2 rings (SSSR count). The van der Waals surface area contributed by atoms with E-state index in [0.717, 1.165) is 11.7 Å². The van der Waals surface area contributed by atoms with Crippen LogP contribution in [0.15, 0.2) is 24.4 Å². The second-order valence-electron chi connectivity index (χ2n) is 2.59. The Labute approximate surface area is 79.4 Å². The number of hydrogen-bond donors (Lipinski definition) is 0. The Morgan fingerprint density at radius 1 is 1.38 bits per heavy atom. The van der Waals surface area contributed by atoms with Gasteiger partial charge in [-0.25, -0.2) is 0 Å². The number of aromatic nitrogens is 2. The van der Waals surface area contributed by atoms with E-state index < -0.39 is 0 Å². The Hall–Kier alpha value is -1.48. The first kappa shape index (κ1) is 8.13. The van der Waals surface area contributed by atoms with Gasteiger partial charge in [-0.2, -0.15) is 10.2 Å². The van der Waals surface area contributed by atoms with Crippen molar-refractivity contribution in [2.45, 2.75) is 0 Å². The van der Waals surface area contributed by atoms with Gasteiger partial charge in [0.25, 0.3) is 0 Å². The van der Waals surface area contributed by atoms with Crippen molar-refractivity contribution < 1.29 is 4.79 Å². The van der Waals surface area contributed by atoms with Gasteiger partial charge in [-0.15, -0.1) is 0 Å². The van der Waals surface area contributed by atoms with Crippen LogP contribution < -0.4 is 0 Å². The Kier molecular flexibility index (Phi) is 1.94. The number of carbonyl (C=O) groups excluding carboxylic acids is 1. The molecule has 0 aliphatic carbocycles. The van der Waals surface area contributed by atoms with Crippen LogP contribution >= 0.6 is 11.6 Å². The van der Waals surface area contributed by atoms with Crippen molar-refractivity contribution in [3.8, 4) is 0 Å². The van der Waals surface area contributed by atoms with Gasteiger partial charge in [-0.05, 0) is 18.2 Å². The summed E-state index contributed by atoms with van der Waals surface area (Å²) in [5.74, 6) is 0. The van der Waals surface area contributed by atoms with Crippen LogP contribution in [-0.2, 0) is 0 Å². The smallest absolute Gasteiger partial charge is 0.150 e. The summed E-state index contributed by atoms with van der Waals surface area (Å²) in [6.45, 7) is 0. The summed E-state index contributed by atoms with van der Waals surface area (Å²) in [5, 5.41) is 8.82. The molecule has 3 nitrogen and oxygen atoms in total. The normalized spacial score (nSPS) is 10.2. The van der Waals surface area contributed by atoms with Crippen LogP contribution in [0.3, 0.4) is 0 Å². The largest absolute Gasteiger partial charge is 0.298 e. The minimum absolute atomic E-state index is 0.508. The summed E-state index contributed by atoms with van der Waals surface area (Å²) < 4.78 is 0. The Morgan fingerprint density at radius 2 is 2.23 bits per heavy atom. The summed E-state index contributed by atoms with van der Waals surface area (Å²) >= 11 is 5.87. The molecular weight excluding hydrogens is 188 g/mol. The number of benzene rings is 1. The van der Waals surface area contributed by atoms with Gasteiger partial charge in [0.15, 0.2) is 0 Å². The molecule has 0 aliphatic rings. The zero-order valence-corrected chi connectivity index (χ0v) is 7.32. The molecule has 1 aromatic heterocycles. The van der Waals surface area contributed by atoms with Crippen molar-refractivity contribution in [2.24, 2.45) is 0 Å². The molecule has 1 heterocycles. The lowest BCUT2D eigenvalue weighted by molar-refractivity contribution is 0.112. The SMILES string of the molecule is O=Cc1ccc2nncc(Cl)c2c1. The van der Waals surface area contributed by atoms with Gasteiger partial charge in [-0.1, -0.05) is 11.6 Å². The lowest BCUT2D eigenvalue weighted by atomic mass is 10.1. The highest BCUT2D eigenvalue weighted by Crippen LogP contribution is 2.20. The van der Waals surface area contributed by atoms with Gasteiger partial charge < -0.3 is 0 Å². The van der Waals surface area contributed by atoms with Crippen LogP contribution in [0.2, 0.25) is 5.02 Å². The van der Waals surface area contributed by atoms with Crippen LogP contribution in [0.5, 0.6) is 0 Å². The number of fused-ring (bicyclic) bond motifs is 1. The van der Waals surface area contributed by atoms with Crippen LogP contribution in [0.1, 0.15) is 10.4 Å². The molecule has 0 spiro atoms. The Bertz CT molecular complexity index is 470. The Morgan fingerprint density at radius 3 is 3.00 bits per heavy atom. The highest BCUT2D eigenvalue weighted by atomic mass is 35.5. The van der Waals surface area contributed by atoms with Crippen molar-refractivity contribution >= 4 is 28.8 Å². The summed E-state index contributed by atoms with van der Waals surface area (Å²) in [6.07, 6.45) is 2.23. The van der Waals surface area contributed by atoms with E-state index >= 15 is 0 Å². The van der Waals surface area contributed by atoms with E-state index in [1.165, 1.54) is 6.20 Å². The van der Waals surface area contributed by atoms with E-state index in [2.05, 4.69) is 10.2 Å². The predicted octanol–water partition coefficient (Wildman–Crippen LogP) is 2.10. The Balaban J connectivity index is 2.81. The summed E-state index contributed by atoms with van der Waals surface area (Å²) in [7, 11) is 0. The predicted molar refractivity (Wildman–Crippen MR) is 49.9 cm³/mol. The molecule has 0 aliphatic heterocycles. The zero-order chi connectivity index (χ0) is 9.26. The minimum Gasteiger partial charge on any atom is -0.298 e. The van der Waals surface area contributed by atoms with Gasteiger partial charge >= 0.3 is 0 Å². The van der Waals surface area contributed by atoms with E-state index in [0.29, 0.717) is 16.1 Å². The van der Waals surface area contributed by atoms with Gasteiger partial charge in [0.2, 0.25) is 0 Å². The standard InChI is InChI=1S/C9H5ClN2O/c10-8-4-11-12-9-2-1-6(5-13)3-7(8)9/h1-5H. The molecule has 0 amide bonds. The van der Waals surface area contributed by atoms with E-state index in [1.54, 1.807) is 18.2 Å². The molecule has 0 saturated heterocycles. The molecule has 0 fully saturated rings. The molecule has 0 atom stereocenters. The number of aldehydes is 1. The van der Waals surface area contributed by atoms with E-state index in [9.17, 15) is 4.79 Å². The van der Waals surface area contributed by atoms with Crippen molar-refractivity contribution in [1.82, 2.24) is 10.2 Å². The maximum absolute atomic E-state index is 10.5. The topological polar surface area (TPSA) is 42.9 Å². The fourth-order valence-electron chi connectivity index (χ4n) is 1.12. The van der Waals surface area contributed by atoms with E-state index in [4.69, 9.17) is 11.6 Å². The maximum Gasteiger partial charge on any atom is 0.150 e. The van der Waals surface area contributed by atoms with E-state index in [1.807, 2.05) is 0 Å². The van der Waals surface area contributed by atoms with Crippen LogP contribution in [0.25, 0.3) is 10.9 Å². The maximum atomic E-state index is 10.5. The summed E-state index contributed by atoms with van der Waals surface area (Å²) in [6, 6.07) is 5.09. The van der Waals surface area contributed by atoms with Gasteiger partial charge in [-0.3, -0.25) is 4.79 Å². The molecule has 2 aromatic rings. The average molecular weight is 193 g/mol. The van der Waals surface area contributed by atoms with Gasteiger partial charge in [0.05, 0.1) is 16.7 Å². The number of nitrogens with zero attached hydrogens (tertiary/aromatic N) is 2. The molecule has 0 radical (unpaired) electrons. The number of rotatable bonds is 1. The molecular formula is C9H5ClN2O. The first-order chi connectivity index (χ1) is 6.31. The van der Waals surface area contributed by atoms with Crippen molar-refractivity contribution in [3.05, 3.63) is 35.0 Å². The highest BCUT2D eigenvalue weighted by Gasteiger charge is 2.00. The van der Waals surface area contributed by atoms with Crippen LogP contribution in [0, 0.1) is 0 Å². The summed E-state index contributed by atoms with van der Waals surface area (Å²) in [5.41, 5.74) is 1.28. The van der Waals surface area contributed by atoms with Crippen molar-refractivity contribution in [1.29, 1.82) is 0 Å².